The molecule has 0 bridgehead atoms. The molecule has 7 heteroatoms. The third-order valence-electron chi connectivity index (χ3n) is 2.91. The van der Waals surface area contributed by atoms with Gasteiger partial charge in [-0.3, -0.25) is 5.32 Å². The number of carbonyl (C=O) groups is 1. The van der Waals surface area contributed by atoms with Gasteiger partial charge in [0.15, 0.2) is 0 Å². The lowest BCUT2D eigenvalue weighted by molar-refractivity contribution is 0.252. The number of rotatable bonds is 4. The number of amides is 2. The fraction of sp³-hybridized carbons (Fsp3) is 0.214. The Bertz CT molecular complexity index is 730. The van der Waals surface area contributed by atoms with Crippen LogP contribution in [0.3, 0.4) is 0 Å². The first-order valence-corrected chi connectivity index (χ1v) is 7.49. The van der Waals surface area contributed by atoms with Crippen molar-refractivity contribution in [1.82, 2.24) is 20.3 Å². The third kappa shape index (κ3) is 3.38. The summed E-state index contributed by atoms with van der Waals surface area (Å²) in [5.41, 5.74) is 2.74. The number of nitrogens with zero attached hydrogens (tertiary/aromatic N) is 2. The summed E-state index contributed by atoms with van der Waals surface area (Å²) >= 11 is 1.61. The third-order valence-corrected chi connectivity index (χ3v) is 3.94. The van der Waals surface area contributed by atoms with Crippen molar-refractivity contribution in [3.05, 3.63) is 40.3 Å². The standard InChI is InChI=1S/C14H15N5OS/c1-9-8-21-12(16-9)6-7-15-14(20)19-13-17-10-4-2-3-5-11(10)18-13/h2-5,8H,6-7H2,1H3,(H3,15,17,18,19,20). The van der Waals surface area contributed by atoms with Gasteiger partial charge in [0.05, 0.1) is 16.0 Å². The Morgan fingerprint density at radius 2 is 2.19 bits per heavy atom. The number of hydrogen-bond acceptors (Lipinski definition) is 4. The summed E-state index contributed by atoms with van der Waals surface area (Å²) in [4.78, 5) is 23.5. The molecular weight excluding hydrogens is 286 g/mol. The smallest absolute Gasteiger partial charge is 0.321 e. The quantitative estimate of drug-likeness (QED) is 0.693. The summed E-state index contributed by atoms with van der Waals surface area (Å²) in [5, 5.41) is 8.51. The zero-order valence-electron chi connectivity index (χ0n) is 11.5. The Kier molecular flexibility index (Phi) is 3.83. The van der Waals surface area contributed by atoms with Gasteiger partial charge in [0.25, 0.3) is 0 Å². The molecule has 2 amide bonds. The molecule has 3 rings (SSSR count). The first kappa shape index (κ1) is 13.6. The number of aromatic amines is 1. The Balaban J connectivity index is 1.51. The van der Waals surface area contributed by atoms with Crippen LogP contribution in [0.2, 0.25) is 0 Å². The van der Waals surface area contributed by atoms with Crippen LogP contribution >= 0.6 is 11.3 Å². The van der Waals surface area contributed by atoms with Gasteiger partial charge in [-0.2, -0.15) is 0 Å². The van der Waals surface area contributed by atoms with Crippen molar-refractivity contribution in [2.45, 2.75) is 13.3 Å². The number of para-hydroxylation sites is 2. The van der Waals surface area contributed by atoms with E-state index in [2.05, 4.69) is 25.6 Å². The molecule has 2 aromatic heterocycles. The van der Waals surface area contributed by atoms with Gasteiger partial charge in [0.2, 0.25) is 5.95 Å². The predicted octanol–water partition coefficient (Wildman–Crippen LogP) is 2.69. The van der Waals surface area contributed by atoms with E-state index in [1.807, 2.05) is 36.6 Å². The van der Waals surface area contributed by atoms with Crippen molar-refractivity contribution in [2.75, 3.05) is 11.9 Å². The highest BCUT2D eigenvalue weighted by atomic mass is 32.1. The number of aryl methyl sites for hydroxylation is 1. The Labute approximate surface area is 125 Å². The number of aromatic nitrogens is 3. The number of thiazole rings is 1. The first-order chi connectivity index (χ1) is 10.2. The minimum atomic E-state index is -0.276. The highest BCUT2D eigenvalue weighted by molar-refractivity contribution is 7.09. The van der Waals surface area contributed by atoms with E-state index in [9.17, 15) is 4.79 Å². The first-order valence-electron chi connectivity index (χ1n) is 6.61. The van der Waals surface area contributed by atoms with E-state index < -0.39 is 0 Å². The largest absolute Gasteiger partial charge is 0.337 e. The van der Waals surface area contributed by atoms with Crippen molar-refractivity contribution in [1.29, 1.82) is 0 Å². The summed E-state index contributed by atoms with van der Waals surface area (Å²) in [6, 6.07) is 7.35. The number of anilines is 1. The summed E-state index contributed by atoms with van der Waals surface area (Å²) in [6.07, 6.45) is 0.728. The molecule has 1 aromatic carbocycles. The maximum Gasteiger partial charge on any atom is 0.321 e. The molecule has 21 heavy (non-hydrogen) atoms. The molecule has 0 aliphatic rings. The predicted molar refractivity (Wildman–Crippen MR) is 83.7 cm³/mol. The maximum absolute atomic E-state index is 11.8. The van der Waals surface area contributed by atoms with Crippen LogP contribution in [0, 0.1) is 6.92 Å². The number of hydrogen-bond donors (Lipinski definition) is 3. The normalized spacial score (nSPS) is 10.7. The molecule has 0 radical (unpaired) electrons. The molecule has 3 N–H and O–H groups in total. The Hall–Kier alpha value is -2.41. The zero-order valence-corrected chi connectivity index (χ0v) is 12.3. The van der Waals surface area contributed by atoms with Crippen LogP contribution in [-0.2, 0) is 6.42 Å². The van der Waals surface area contributed by atoms with Crippen LogP contribution in [-0.4, -0.2) is 27.5 Å². The summed E-state index contributed by atoms with van der Waals surface area (Å²) < 4.78 is 0. The lowest BCUT2D eigenvalue weighted by Gasteiger charge is -2.03. The highest BCUT2D eigenvalue weighted by Crippen LogP contribution is 2.13. The molecule has 108 valence electrons. The minimum Gasteiger partial charge on any atom is -0.337 e. The number of H-pyrrole nitrogens is 1. The number of imidazole rings is 1. The second-order valence-corrected chi connectivity index (χ2v) is 5.56. The number of nitrogens with one attached hydrogen (secondary N) is 3. The van der Waals surface area contributed by atoms with Crippen LogP contribution < -0.4 is 10.6 Å². The van der Waals surface area contributed by atoms with E-state index in [4.69, 9.17) is 0 Å². The molecule has 0 fully saturated rings. The second kappa shape index (κ2) is 5.92. The number of carbonyl (C=O) groups excluding carboxylic acids is 1. The van der Waals surface area contributed by atoms with Gasteiger partial charge in [0.1, 0.15) is 0 Å². The topological polar surface area (TPSA) is 82.7 Å². The van der Waals surface area contributed by atoms with Gasteiger partial charge >= 0.3 is 6.03 Å². The monoisotopic (exact) mass is 301 g/mol. The molecule has 3 aromatic rings. The molecule has 6 nitrogen and oxygen atoms in total. The summed E-state index contributed by atoms with van der Waals surface area (Å²) in [7, 11) is 0. The van der Waals surface area contributed by atoms with Gasteiger partial charge < -0.3 is 10.3 Å². The average molecular weight is 301 g/mol. The van der Waals surface area contributed by atoms with Crippen molar-refractivity contribution < 1.29 is 4.79 Å². The number of benzene rings is 1. The van der Waals surface area contributed by atoms with Crippen molar-refractivity contribution in [3.63, 3.8) is 0 Å². The molecule has 0 aliphatic carbocycles. The molecule has 2 heterocycles. The van der Waals surface area contributed by atoms with Gasteiger partial charge in [0, 0.05) is 24.0 Å². The van der Waals surface area contributed by atoms with Crippen molar-refractivity contribution in [3.8, 4) is 0 Å². The van der Waals surface area contributed by atoms with E-state index in [0.717, 1.165) is 28.2 Å². The van der Waals surface area contributed by atoms with Crippen LogP contribution in [0.5, 0.6) is 0 Å². The van der Waals surface area contributed by atoms with Crippen LogP contribution in [0.15, 0.2) is 29.6 Å². The fourth-order valence-corrected chi connectivity index (χ4v) is 2.74. The number of urea groups is 1. The van der Waals surface area contributed by atoms with E-state index in [1.54, 1.807) is 11.3 Å². The molecule has 0 aliphatic heterocycles. The van der Waals surface area contributed by atoms with Crippen LogP contribution in [0.25, 0.3) is 11.0 Å². The van der Waals surface area contributed by atoms with E-state index >= 15 is 0 Å². The summed E-state index contributed by atoms with van der Waals surface area (Å²) in [6.45, 7) is 2.50. The minimum absolute atomic E-state index is 0.276. The van der Waals surface area contributed by atoms with Gasteiger partial charge in [-0.25, -0.2) is 14.8 Å². The molecular formula is C14H15N5OS. The molecule has 0 atom stereocenters. The number of fused-ring (bicyclic) bond motifs is 1. The highest BCUT2D eigenvalue weighted by Gasteiger charge is 2.06. The Morgan fingerprint density at radius 3 is 2.95 bits per heavy atom. The average Bonchev–Trinajstić information content (AvgIpc) is 3.04. The van der Waals surface area contributed by atoms with Crippen molar-refractivity contribution >= 4 is 34.3 Å². The fourth-order valence-electron chi connectivity index (χ4n) is 1.96. The maximum atomic E-state index is 11.8. The van der Waals surface area contributed by atoms with Crippen LogP contribution in [0.4, 0.5) is 10.7 Å². The molecule has 0 saturated heterocycles. The summed E-state index contributed by atoms with van der Waals surface area (Å²) in [5.74, 6) is 0.443. The van der Waals surface area contributed by atoms with E-state index in [1.165, 1.54) is 0 Å². The van der Waals surface area contributed by atoms with Crippen LogP contribution in [0.1, 0.15) is 10.7 Å². The molecule has 0 spiro atoms. The SMILES string of the molecule is Cc1csc(CCNC(=O)Nc2nc3ccccc3[nH]2)n1. The van der Waals surface area contributed by atoms with Gasteiger partial charge in [-0.05, 0) is 19.1 Å². The van der Waals surface area contributed by atoms with E-state index in [0.29, 0.717) is 12.5 Å². The molecule has 0 saturated carbocycles. The lowest BCUT2D eigenvalue weighted by atomic mass is 10.3. The lowest BCUT2D eigenvalue weighted by Crippen LogP contribution is -2.30. The zero-order chi connectivity index (χ0) is 14.7. The van der Waals surface area contributed by atoms with Gasteiger partial charge in [-0.15, -0.1) is 11.3 Å². The van der Waals surface area contributed by atoms with Crippen molar-refractivity contribution in [2.24, 2.45) is 0 Å². The molecule has 0 unspecified atom stereocenters. The van der Waals surface area contributed by atoms with Gasteiger partial charge in [-0.1, -0.05) is 12.1 Å². The Morgan fingerprint density at radius 1 is 1.33 bits per heavy atom. The second-order valence-electron chi connectivity index (χ2n) is 4.62. The van der Waals surface area contributed by atoms with E-state index in [-0.39, 0.29) is 6.03 Å².